The van der Waals surface area contributed by atoms with Gasteiger partial charge in [-0.1, -0.05) is 32.0 Å². The number of benzene rings is 1. The third kappa shape index (κ3) is 4.45. The number of H-pyrrole nitrogens is 1. The van der Waals surface area contributed by atoms with E-state index in [9.17, 15) is 9.59 Å². The van der Waals surface area contributed by atoms with Crippen LogP contribution in [0.15, 0.2) is 30.5 Å². The molecule has 0 saturated heterocycles. The topological polar surface area (TPSA) is 68.4 Å². The van der Waals surface area contributed by atoms with Crippen LogP contribution in [0.25, 0.3) is 10.9 Å². The van der Waals surface area contributed by atoms with Crippen molar-refractivity contribution in [1.82, 2.24) is 4.98 Å². The Balaban J connectivity index is 2.52. The molecule has 5 nitrogen and oxygen atoms in total. The Bertz CT molecular complexity index is 738. The molecule has 1 unspecified atom stereocenters. The maximum absolute atomic E-state index is 12.8. The molecule has 0 aliphatic heterocycles. The number of hydrogen-bond acceptors (Lipinski definition) is 4. The van der Waals surface area contributed by atoms with Crippen molar-refractivity contribution in [2.45, 2.75) is 59.7 Å². The number of hydrogen-bond donors (Lipinski definition) is 1. The Morgan fingerprint density at radius 1 is 0.885 bits per heavy atom. The van der Waals surface area contributed by atoms with Crippen molar-refractivity contribution in [3.8, 4) is 0 Å². The first kappa shape index (κ1) is 20.0. The van der Waals surface area contributed by atoms with E-state index in [-0.39, 0.29) is 24.0 Å². The van der Waals surface area contributed by atoms with Crippen LogP contribution in [-0.2, 0) is 19.1 Å². The number of aromatic nitrogens is 1. The van der Waals surface area contributed by atoms with E-state index in [1.54, 1.807) is 27.7 Å². The first-order valence-electron chi connectivity index (χ1n) is 9.19. The Labute approximate surface area is 155 Å². The number of nitrogens with one attached hydrogen (secondary N) is 1. The molecule has 0 radical (unpaired) electrons. The Morgan fingerprint density at radius 3 is 1.92 bits per heavy atom. The van der Waals surface area contributed by atoms with Crippen LogP contribution in [-0.4, -0.2) is 29.1 Å². The lowest BCUT2D eigenvalue weighted by Crippen LogP contribution is -2.37. The maximum atomic E-state index is 12.8. The molecule has 1 aromatic heterocycles. The highest BCUT2D eigenvalue weighted by molar-refractivity contribution is 5.97. The number of para-hydroxylation sites is 1. The van der Waals surface area contributed by atoms with E-state index in [0.717, 1.165) is 16.5 Å². The second kappa shape index (κ2) is 8.39. The summed E-state index contributed by atoms with van der Waals surface area (Å²) in [5.41, 5.74) is 1.91. The molecule has 0 saturated carbocycles. The van der Waals surface area contributed by atoms with Crippen molar-refractivity contribution in [2.24, 2.45) is 11.8 Å². The standard InChI is InChI=1S/C21H29NO4/c1-12(2)18(16-11-22-17-10-8-7-9-15(16)17)19(20(23)25-13(3)4)21(24)26-14(5)6/h7-14,18-19,22H,1-6H3. The third-order valence-corrected chi connectivity index (χ3v) is 4.27. The molecule has 0 aliphatic rings. The summed E-state index contributed by atoms with van der Waals surface area (Å²) in [5, 5.41) is 1.01. The van der Waals surface area contributed by atoms with Crippen LogP contribution >= 0.6 is 0 Å². The molecule has 0 aliphatic carbocycles. The van der Waals surface area contributed by atoms with Crippen LogP contribution in [0.4, 0.5) is 0 Å². The summed E-state index contributed by atoms with van der Waals surface area (Å²) in [4.78, 5) is 28.9. The molecule has 0 fully saturated rings. The molecule has 0 amide bonds. The highest BCUT2D eigenvalue weighted by atomic mass is 16.6. The average Bonchev–Trinajstić information content (AvgIpc) is 2.94. The Kier molecular flexibility index (Phi) is 6.46. The summed E-state index contributed by atoms with van der Waals surface area (Å²) in [5.74, 6) is -2.37. The van der Waals surface area contributed by atoms with Gasteiger partial charge in [-0.05, 0) is 45.2 Å². The predicted octanol–water partition coefficient (Wildman–Crippen LogP) is 4.43. The van der Waals surface area contributed by atoms with Gasteiger partial charge in [-0.2, -0.15) is 0 Å². The van der Waals surface area contributed by atoms with Crippen LogP contribution < -0.4 is 0 Å². The van der Waals surface area contributed by atoms with Gasteiger partial charge in [0, 0.05) is 23.0 Å². The largest absolute Gasteiger partial charge is 0.462 e. The van der Waals surface area contributed by atoms with Gasteiger partial charge in [0.05, 0.1) is 12.2 Å². The maximum Gasteiger partial charge on any atom is 0.321 e. The first-order valence-corrected chi connectivity index (χ1v) is 9.19. The predicted molar refractivity (Wildman–Crippen MR) is 102 cm³/mol. The quantitative estimate of drug-likeness (QED) is 0.587. The van der Waals surface area contributed by atoms with Crippen LogP contribution in [0.5, 0.6) is 0 Å². The normalized spacial score (nSPS) is 13.0. The Hall–Kier alpha value is -2.30. The zero-order valence-corrected chi connectivity index (χ0v) is 16.4. The van der Waals surface area contributed by atoms with Crippen LogP contribution in [0.2, 0.25) is 0 Å². The van der Waals surface area contributed by atoms with Gasteiger partial charge in [0.15, 0.2) is 5.92 Å². The van der Waals surface area contributed by atoms with Crippen molar-refractivity contribution >= 4 is 22.8 Å². The molecule has 5 heteroatoms. The fourth-order valence-electron chi connectivity index (χ4n) is 3.29. The fourth-order valence-corrected chi connectivity index (χ4v) is 3.29. The van der Waals surface area contributed by atoms with Crippen molar-refractivity contribution in [1.29, 1.82) is 0 Å². The van der Waals surface area contributed by atoms with Gasteiger partial charge in [-0.3, -0.25) is 9.59 Å². The molecule has 1 N–H and O–H groups in total. The Morgan fingerprint density at radius 2 is 1.42 bits per heavy atom. The number of carbonyl (C=O) groups excluding carboxylic acids is 2. The fraction of sp³-hybridized carbons (Fsp3) is 0.524. The minimum Gasteiger partial charge on any atom is -0.462 e. The van der Waals surface area contributed by atoms with Crippen molar-refractivity contribution in [3.63, 3.8) is 0 Å². The SMILES string of the molecule is CC(C)OC(=O)C(C(=O)OC(C)C)C(c1c[nH]c2ccccc12)C(C)C. The highest BCUT2D eigenvalue weighted by Crippen LogP contribution is 2.38. The summed E-state index contributed by atoms with van der Waals surface area (Å²) >= 11 is 0. The summed E-state index contributed by atoms with van der Waals surface area (Å²) in [6, 6.07) is 7.87. The highest BCUT2D eigenvalue weighted by Gasteiger charge is 2.41. The van der Waals surface area contributed by atoms with E-state index in [4.69, 9.17) is 9.47 Å². The van der Waals surface area contributed by atoms with Gasteiger partial charge in [0.25, 0.3) is 0 Å². The van der Waals surface area contributed by atoms with Crippen LogP contribution in [0, 0.1) is 11.8 Å². The molecular formula is C21H29NO4. The van der Waals surface area contributed by atoms with E-state index in [2.05, 4.69) is 4.98 Å². The monoisotopic (exact) mass is 359 g/mol. The lowest BCUT2D eigenvalue weighted by atomic mass is 9.78. The smallest absolute Gasteiger partial charge is 0.321 e. The molecule has 2 aromatic rings. The van der Waals surface area contributed by atoms with Crippen LogP contribution in [0.1, 0.15) is 53.0 Å². The van der Waals surface area contributed by atoms with Gasteiger partial charge in [0.2, 0.25) is 0 Å². The van der Waals surface area contributed by atoms with Gasteiger partial charge >= 0.3 is 11.9 Å². The average molecular weight is 359 g/mol. The number of ether oxygens (including phenoxy) is 2. The second-order valence-electron chi connectivity index (χ2n) is 7.51. The molecule has 1 aromatic carbocycles. The molecular weight excluding hydrogens is 330 g/mol. The summed E-state index contributed by atoms with van der Waals surface area (Å²) in [7, 11) is 0. The summed E-state index contributed by atoms with van der Waals surface area (Å²) < 4.78 is 10.8. The van der Waals surface area contributed by atoms with Gasteiger partial charge in [0.1, 0.15) is 0 Å². The summed E-state index contributed by atoms with van der Waals surface area (Å²) in [6.45, 7) is 11.1. The molecule has 0 bridgehead atoms. The van der Waals surface area contributed by atoms with Crippen molar-refractivity contribution in [3.05, 3.63) is 36.0 Å². The molecule has 1 atom stereocenters. The second-order valence-corrected chi connectivity index (χ2v) is 7.51. The van der Waals surface area contributed by atoms with E-state index in [0.29, 0.717) is 0 Å². The molecule has 2 rings (SSSR count). The lowest BCUT2D eigenvalue weighted by Gasteiger charge is -2.28. The van der Waals surface area contributed by atoms with E-state index in [1.807, 2.05) is 44.3 Å². The zero-order chi connectivity index (χ0) is 19.4. The third-order valence-electron chi connectivity index (χ3n) is 4.27. The van der Waals surface area contributed by atoms with E-state index >= 15 is 0 Å². The zero-order valence-electron chi connectivity index (χ0n) is 16.4. The van der Waals surface area contributed by atoms with Crippen molar-refractivity contribution in [2.75, 3.05) is 0 Å². The van der Waals surface area contributed by atoms with Gasteiger partial charge < -0.3 is 14.5 Å². The number of rotatable bonds is 7. The molecule has 142 valence electrons. The van der Waals surface area contributed by atoms with Crippen molar-refractivity contribution < 1.29 is 19.1 Å². The summed E-state index contributed by atoms with van der Waals surface area (Å²) in [6.07, 6.45) is 1.29. The molecule has 0 spiro atoms. The number of esters is 2. The number of fused-ring (bicyclic) bond motifs is 1. The van der Waals surface area contributed by atoms with E-state index in [1.165, 1.54) is 0 Å². The number of carbonyl (C=O) groups is 2. The number of aromatic amines is 1. The van der Waals surface area contributed by atoms with Crippen LogP contribution in [0.3, 0.4) is 0 Å². The van der Waals surface area contributed by atoms with Gasteiger partial charge in [-0.25, -0.2) is 0 Å². The minimum atomic E-state index is -1.00. The van der Waals surface area contributed by atoms with E-state index < -0.39 is 17.9 Å². The lowest BCUT2D eigenvalue weighted by molar-refractivity contribution is -0.168. The minimum absolute atomic E-state index is 0.0404. The molecule has 26 heavy (non-hydrogen) atoms. The molecule has 1 heterocycles. The first-order chi connectivity index (χ1) is 12.2. The van der Waals surface area contributed by atoms with Gasteiger partial charge in [-0.15, -0.1) is 0 Å².